The van der Waals surface area contributed by atoms with Crippen molar-refractivity contribution < 1.29 is 0 Å². The van der Waals surface area contributed by atoms with Crippen LogP contribution in [0.3, 0.4) is 0 Å². The van der Waals surface area contributed by atoms with E-state index in [-0.39, 0.29) is 0 Å². The minimum atomic E-state index is 0.417. The van der Waals surface area contributed by atoms with Crippen LogP contribution < -0.4 is 0 Å². The molecule has 1 heterocycles. The Balaban J connectivity index is 2.80. The summed E-state index contributed by atoms with van der Waals surface area (Å²) in [5.74, 6) is 0. The molecular formula is C8H4BrClN2. The Kier molecular flexibility index (Phi) is 1.98. The standard InChI is InChI=1S/C8H4BrClN2/c9-6-1-2-7-5(3-6)4-8(10)12-11-7/h1-4H. The Labute approximate surface area is 82.7 Å². The first-order valence-corrected chi connectivity index (χ1v) is 4.51. The molecule has 0 saturated heterocycles. The Morgan fingerprint density at radius 1 is 1.17 bits per heavy atom. The van der Waals surface area contributed by atoms with Crippen LogP contribution in [0.1, 0.15) is 0 Å². The highest BCUT2D eigenvalue weighted by atomic mass is 79.9. The Morgan fingerprint density at radius 3 is 2.83 bits per heavy atom. The number of halogens is 2. The van der Waals surface area contributed by atoms with Crippen LogP contribution in [-0.4, -0.2) is 10.2 Å². The number of nitrogens with zero attached hydrogens (tertiary/aromatic N) is 2. The fraction of sp³-hybridized carbons (Fsp3) is 0. The lowest BCUT2D eigenvalue weighted by atomic mass is 10.2. The minimum absolute atomic E-state index is 0.417. The van der Waals surface area contributed by atoms with Crippen LogP contribution >= 0.6 is 27.5 Å². The molecule has 1 aromatic heterocycles. The largest absolute Gasteiger partial charge is 0.152 e. The number of hydrogen-bond acceptors (Lipinski definition) is 2. The summed E-state index contributed by atoms with van der Waals surface area (Å²) in [6.07, 6.45) is 0. The predicted octanol–water partition coefficient (Wildman–Crippen LogP) is 3.05. The van der Waals surface area contributed by atoms with E-state index in [1.54, 1.807) is 6.07 Å². The number of fused-ring (bicyclic) bond motifs is 1. The summed E-state index contributed by atoms with van der Waals surface area (Å²) in [5.41, 5.74) is 0.850. The lowest BCUT2D eigenvalue weighted by Gasteiger charge is -1.96. The molecular weight excluding hydrogens is 239 g/mol. The second-order valence-corrected chi connectivity index (χ2v) is 3.67. The molecule has 0 unspecified atom stereocenters. The summed E-state index contributed by atoms with van der Waals surface area (Å²) in [5, 5.41) is 9.06. The molecule has 0 fully saturated rings. The first-order chi connectivity index (χ1) is 5.75. The molecule has 0 radical (unpaired) electrons. The van der Waals surface area contributed by atoms with E-state index in [1.807, 2.05) is 18.2 Å². The topological polar surface area (TPSA) is 25.8 Å². The van der Waals surface area contributed by atoms with Gasteiger partial charge in [0, 0.05) is 9.86 Å². The van der Waals surface area contributed by atoms with Gasteiger partial charge in [-0.25, -0.2) is 0 Å². The van der Waals surface area contributed by atoms with Crippen LogP contribution in [0, 0.1) is 0 Å². The molecule has 0 atom stereocenters. The van der Waals surface area contributed by atoms with Crippen molar-refractivity contribution >= 4 is 38.4 Å². The predicted molar refractivity (Wildman–Crippen MR) is 52.2 cm³/mol. The fourth-order valence-corrected chi connectivity index (χ4v) is 1.53. The molecule has 0 saturated carbocycles. The van der Waals surface area contributed by atoms with Gasteiger partial charge in [-0.15, -0.1) is 10.2 Å². The molecule has 0 bridgehead atoms. The summed E-state index contributed by atoms with van der Waals surface area (Å²) in [4.78, 5) is 0. The summed E-state index contributed by atoms with van der Waals surface area (Å²) >= 11 is 9.05. The Morgan fingerprint density at radius 2 is 2.00 bits per heavy atom. The average Bonchev–Trinajstić information content (AvgIpc) is 2.03. The van der Waals surface area contributed by atoms with Gasteiger partial charge in [0.05, 0.1) is 5.52 Å². The molecule has 0 aliphatic rings. The summed E-state index contributed by atoms with van der Waals surface area (Å²) < 4.78 is 1.01. The maximum absolute atomic E-state index is 5.68. The van der Waals surface area contributed by atoms with Gasteiger partial charge in [0.25, 0.3) is 0 Å². The molecule has 1 aromatic carbocycles. The third-order valence-corrected chi connectivity index (χ3v) is 2.20. The Bertz CT molecular complexity index is 394. The minimum Gasteiger partial charge on any atom is -0.149 e. The van der Waals surface area contributed by atoms with Crippen LogP contribution in [0.15, 0.2) is 28.7 Å². The maximum Gasteiger partial charge on any atom is 0.152 e. The third kappa shape index (κ3) is 1.42. The van der Waals surface area contributed by atoms with Gasteiger partial charge in [0.15, 0.2) is 5.15 Å². The van der Waals surface area contributed by atoms with Gasteiger partial charge >= 0.3 is 0 Å². The summed E-state index contributed by atoms with van der Waals surface area (Å²) in [7, 11) is 0. The van der Waals surface area contributed by atoms with E-state index >= 15 is 0 Å². The highest BCUT2D eigenvalue weighted by Gasteiger charge is 1.97. The Hall–Kier alpha value is -0.670. The van der Waals surface area contributed by atoms with E-state index in [0.29, 0.717) is 5.15 Å². The fourth-order valence-electron chi connectivity index (χ4n) is 0.991. The zero-order chi connectivity index (χ0) is 8.55. The molecule has 0 spiro atoms. The van der Waals surface area contributed by atoms with Crippen molar-refractivity contribution in [2.45, 2.75) is 0 Å². The summed E-state index contributed by atoms with van der Waals surface area (Å²) in [6.45, 7) is 0. The van der Waals surface area contributed by atoms with E-state index in [9.17, 15) is 0 Å². The van der Waals surface area contributed by atoms with Gasteiger partial charge in [-0.3, -0.25) is 0 Å². The molecule has 0 N–H and O–H groups in total. The second kappa shape index (κ2) is 2.99. The average molecular weight is 243 g/mol. The zero-order valence-corrected chi connectivity index (χ0v) is 8.30. The van der Waals surface area contributed by atoms with E-state index in [4.69, 9.17) is 11.6 Å². The number of aromatic nitrogens is 2. The smallest absolute Gasteiger partial charge is 0.149 e. The van der Waals surface area contributed by atoms with Crippen LogP contribution in [0.4, 0.5) is 0 Å². The monoisotopic (exact) mass is 242 g/mol. The summed E-state index contributed by atoms with van der Waals surface area (Å²) in [6, 6.07) is 7.55. The number of benzene rings is 1. The van der Waals surface area contributed by atoms with Crippen molar-refractivity contribution in [2.75, 3.05) is 0 Å². The molecule has 2 nitrogen and oxygen atoms in total. The van der Waals surface area contributed by atoms with E-state index < -0.39 is 0 Å². The van der Waals surface area contributed by atoms with Crippen molar-refractivity contribution in [1.82, 2.24) is 10.2 Å². The number of rotatable bonds is 0. The molecule has 2 aromatic rings. The second-order valence-electron chi connectivity index (χ2n) is 2.37. The lowest BCUT2D eigenvalue weighted by molar-refractivity contribution is 1.08. The SMILES string of the molecule is Clc1cc2cc(Br)ccc2nn1. The van der Waals surface area contributed by atoms with Crippen LogP contribution in [0.5, 0.6) is 0 Å². The molecule has 60 valence electrons. The van der Waals surface area contributed by atoms with Gasteiger partial charge in [0.2, 0.25) is 0 Å². The van der Waals surface area contributed by atoms with Crippen molar-refractivity contribution in [3.63, 3.8) is 0 Å². The first kappa shape index (κ1) is 7.95. The highest BCUT2D eigenvalue weighted by molar-refractivity contribution is 9.10. The molecule has 4 heteroatoms. The van der Waals surface area contributed by atoms with Gasteiger partial charge in [-0.05, 0) is 24.3 Å². The van der Waals surface area contributed by atoms with E-state index in [1.165, 1.54) is 0 Å². The van der Waals surface area contributed by atoms with Crippen molar-refractivity contribution in [2.24, 2.45) is 0 Å². The van der Waals surface area contributed by atoms with E-state index in [0.717, 1.165) is 15.4 Å². The lowest BCUT2D eigenvalue weighted by Crippen LogP contribution is -1.83. The van der Waals surface area contributed by atoms with Gasteiger partial charge in [0.1, 0.15) is 0 Å². The molecule has 0 aliphatic carbocycles. The van der Waals surface area contributed by atoms with E-state index in [2.05, 4.69) is 26.1 Å². The highest BCUT2D eigenvalue weighted by Crippen LogP contribution is 2.19. The molecule has 0 aliphatic heterocycles. The van der Waals surface area contributed by atoms with Gasteiger partial charge in [-0.1, -0.05) is 27.5 Å². The molecule has 12 heavy (non-hydrogen) atoms. The zero-order valence-electron chi connectivity index (χ0n) is 5.96. The van der Waals surface area contributed by atoms with Gasteiger partial charge in [-0.2, -0.15) is 0 Å². The molecule has 0 amide bonds. The van der Waals surface area contributed by atoms with Crippen molar-refractivity contribution in [3.05, 3.63) is 33.9 Å². The normalized spacial score (nSPS) is 10.5. The van der Waals surface area contributed by atoms with Crippen LogP contribution in [0.2, 0.25) is 5.15 Å². The van der Waals surface area contributed by atoms with Gasteiger partial charge < -0.3 is 0 Å². The third-order valence-electron chi connectivity index (χ3n) is 1.52. The van der Waals surface area contributed by atoms with Crippen LogP contribution in [-0.2, 0) is 0 Å². The number of hydrogen-bond donors (Lipinski definition) is 0. The first-order valence-electron chi connectivity index (χ1n) is 3.34. The quantitative estimate of drug-likeness (QED) is 0.711. The maximum atomic E-state index is 5.68. The molecule has 2 rings (SSSR count). The van der Waals surface area contributed by atoms with Crippen LogP contribution in [0.25, 0.3) is 10.9 Å². The van der Waals surface area contributed by atoms with Crippen molar-refractivity contribution in [3.8, 4) is 0 Å². The van der Waals surface area contributed by atoms with Crippen molar-refractivity contribution in [1.29, 1.82) is 0 Å².